The lowest BCUT2D eigenvalue weighted by atomic mass is 9.75. The van der Waals surface area contributed by atoms with Gasteiger partial charge in [-0.05, 0) is 46.8 Å². The van der Waals surface area contributed by atoms with E-state index in [0.717, 1.165) is 25.8 Å². The first-order valence-electron chi connectivity index (χ1n) is 6.43. The number of Topliss-reactive ketones (excluding diaryl/α,β-unsaturated/α-hetero) is 1. The van der Waals surface area contributed by atoms with Gasteiger partial charge in [0.2, 0.25) is 0 Å². The Morgan fingerprint density at radius 1 is 1.31 bits per heavy atom. The molecule has 2 aliphatic rings. The van der Waals surface area contributed by atoms with Crippen LogP contribution in [0.15, 0.2) is 0 Å². The van der Waals surface area contributed by atoms with Crippen molar-refractivity contribution in [2.24, 2.45) is 0 Å². The number of carbonyl (C=O) groups excluding carboxylic acids is 1. The molecular formula is C13H24N2O. The summed E-state index contributed by atoms with van der Waals surface area (Å²) in [4.78, 5) is 16.1. The molecule has 3 heteroatoms. The molecule has 0 bridgehead atoms. The topological polar surface area (TPSA) is 23.6 Å². The van der Waals surface area contributed by atoms with Crippen molar-refractivity contribution >= 4 is 5.78 Å². The first kappa shape index (κ1) is 12.1. The molecule has 3 nitrogen and oxygen atoms in total. The summed E-state index contributed by atoms with van der Waals surface area (Å²) >= 11 is 0. The standard InChI is InChI=1S/C13H24N2O/c1-14(2)13(7-4-8-13)10-15(3)11-5-6-12(16)9-11/h11H,4-10H2,1-3H3. The van der Waals surface area contributed by atoms with E-state index in [1.165, 1.54) is 19.3 Å². The van der Waals surface area contributed by atoms with Crippen LogP contribution >= 0.6 is 0 Å². The third kappa shape index (κ3) is 2.16. The van der Waals surface area contributed by atoms with Crippen LogP contribution in [-0.4, -0.2) is 54.9 Å². The number of likely N-dealkylation sites (N-methyl/N-ethyl adjacent to an activating group) is 2. The van der Waals surface area contributed by atoms with E-state index in [1.54, 1.807) is 0 Å². The third-order valence-corrected chi connectivity index (χ3v) is 4.62. The molecule has 2 rings (SSSR count). The van der Waals surface area contributed by atoms with Crippen LogP contribution in [0.25, 0.3) is 0 Å². The van der Waals surface area contributed by atoms with Gasteiger partial charge in [-0.25, -0.2) is 0 Å². The van der Waals surface area contributed by atoms with Gasteiger partial charge in [0, 0.05) is 31.0 Å². The third-order valence-electron chi connectivity index (χ3n) is 4.62. The molecule has 16 heavy (non-hydrogen) atoms. The van der Waals surface area contributed by atoms with Gasteiger partial charge < -0.3 is 9.80 Å². The molecule has 0 aromatic carbocycles. The molecular weight excluding hydrogens is 200 g/mol. The Morgan fingerprint density at radius 3 is 2.38 bits per heavy atom. The van der Waals surface area contributed by atoms with Crippen LogP contribution in [0.4, 0.5) is 0 Å². The summed E-state index contributed by atoms with van der Waals surface area (Å²) < 4.78 is 0. The van der Waals surface area contributed by atoms with Crippen LogP contribution in [-0.2, 0) is 4.79 Å². The van der Waals surface area contributed by atoms with E-state index >= 15 is 0 Å². The molecule has 2 saturated carbocycles. The van der Waals surface area contributed by atoms with Gasteiger partial charge in [-0.3, -0.25) is 4.79 Å². The fraction of sp³-hybridized carbons (Fsp3) is 0.923. The van der Waals surface area contributed by atoms with E-state index in [9.17, 15) is 4.79 Å². The lowest BCUT2D eigenvalue weighted by Crippen LogP contribution is -2.57. The summed E-state index contributed by atoms with van der Waals surface area (Å²) in [7, 11) is 6.56. The summed E-state index contributed by atoms with van der Waals surface area (Å²) in [6, 6.07) is 0.505. The minimum absolute atomic E-state index is 0.389. The van der Waals surface area contributed by atoms with E-state index in [-0.39, 0.29) is 0 Å². The van der Waals surface area contributed by atoms with Crippen molar-refractivity contribution in [3.63, 3.8) is 0 Å². The summed E-state index contributed by atoms with van der Waals surface area (Å²) in [6.07, 6.45) is 6.62. The summed E-state index contributed by atoms with van der Waals surface area (Å²) in [5.74, 6) is 0.448. The highest BCUT2D eigenvalue weighted by Crippen LogP contribution is 2.37. The second-order valence-electron chi connectivity index (χ2n) is 5.82. The maximum Gasteiger partial charge on any atom is 0.134 e. The molecule has 0 aromatic heterocycles. The molecule has 0 radical (unpaired) electrons. The zero-order valence-electron chi connectivity index (χ0n) is 10.8. The van der Waals surface area contributed by atoms with Gasteiger partial charge in [0.15, 0.2) is 0 Å². The lowest BCUT2D eigenvalue weighted by molar-refractivity contribution is -0.117. The SMILES string of the molecule is CN(CC1(N(C)C)CCC1)C1CCC(=O)C1. The summed E-state index contributed by atoms with van der Waals surface area (Å²) in [5.41, 5.74) is 0.389. The average Bonchev–Trinajstić information content (AvgIpc) is 2.57. The molecule has 0 heterocycles. The van der Waals surface area contributed by atoms with Crippen molar-refractivity contribution in [2.75, 3.05) is 27.7 Å². The van der Waals surface area contributed by atoms with Gasteiger partial charge in [0.25, 0.3) is 0 Å². The lowest BCUT2D eigenvalue weighted by Gasteiger charge is -2.50. The maximum atomic E-state index is 11.3. The second kappa shape index (κ2) is 4.46. The summed E-state index contributed by atoms with van der Waals surface area (Å²) in [6.45, 7) is 1.12. The highest BCUT2D eigenvalue weighted by molar-refractivity contribution is 5.81. The molecule has 0 saturated heterocycles. The Kier molecular flexibility index (Phi) is 3.36. The smallest absolute Gasteiger partial charge is 0.134 e. The Hall–Kier alpha value is -0.410. The molecule has 1 atom stereocenters. The molecule has 0 spiro atoms. The summed E-state index contributed by atoms with van der Waals surface area (Å²) in [5, 5.41) is 0. The molecule has 92 valence electrons. The highest BCUT2D eigenvalue weighted by atomic mass is 16.1. The van der Waals surface area contributed by atoms with E-state index < -0.39 is 0 Å². The predicted octanol–water partition coefficient (Wildman–Crippen LogP) is 1.52. The zero-order valence-corrected chi connectivity index (χ0v) is 10.8. The van der Waals surface area contributed by atoms with Crippen LogP contribution in [0.3, 0.4) is 0 Å². The number of hydrogen-bond donors (Lipinski definition) is 0. The number of carbonyl (C=O) groups is 1. The van der Waals surface area contributed by atoms with E-state index in [2.05, 4.69) is 30.9 Å². The van der Waals surface area contributed by atoms with Crippen LogP contribution in [0.5, 0.6) is 0 Å². The van der Waals surface area contributed by atoms with Crippen LogP contribution in [0.2, 0.25) is 0 Å². The first-order chi connectivity index (χ1) is 7.53. The van der Waals surface area contributed by atoms with Crippen molar-refractivity contribution in [1.82, 2.24) is 9.80 Å². The molecule has 0 N–H and O–H groups in total. The fourth-order valence-corrected chi connectivity index (χ4v) is 3.10. The Bertz CT molecular complexity index is 271. The minimum Gasteiger partial charge on any atom is -0.302 e. The van der Waals surface area contributed by atoms with Gasteiger partial charge in [-0.1, -0.05) is 0 Å². The maximum absolute atomic E-state index is 11.3. The number of hydrogen-bond acceptors (Lipinski definition) is 3. The second-order valence-corrected chi connectivity index (χ2v) is 5.82. The van der Waals surface area contributed by atoms with E-state index in [0.29, 0.717) is 17.4 Å². The molecule has 2 aliphatic carbocycles. The van der Waals surface area contributed by atoms with E-state index in [4.69, 9.17) is 0 Å². The van der Waals surface area contributed by atoms with Gasteiger partial charge in [0.05, 0.1) is 0 Å². The highest BCUT2D eigenvalue weighted by Gasteiger charge is 2.41. The van der Waals surface area contributed by atoms with Crippen molar-refractivity contribution in [3.05, 3.63) is 0 Å². The van der Waals surface area contributed by atoms with Crippen molar-refractivity contribution in [1.29, 1.82) is 0 Å². The van der Waals surface area contributed by atoms with Crippen molar-refractivity contribution < 1.29 is 4.79 Å². The molecule has 0 aliphatic heterocycles. The zero-order chi connectivity index (χ0) is 11.8. The quantitative estimate of drug-likeness (QED) is 0.723. The normalized spacial score (nSPS) is 28.8. The van der Waals surface area contributed by atoms with E-state index in [1.807, 2.05) is 0 Å². The molecule has 0 aromatic rings. The van der Waals surface area contributed by atoms with Crippen LogP contribution < -0.4 is 0 Å². The average molecular weight is 224 g/mol. The fourth-order valence-electron chi connectivity index (χ4n) is 3.10. The van der Waals surface area contributed by atoms with Crippen LogP contribution in [0, 0.1) is 0 Å². The number of nitrogens with zero attached hydrogens (tertiary/aromatic N) is 2. The first-order valence-corrected chi connectivity index (χ1v) is 6.43. The Labute approximate surface area is 98.8 Å². The minimum atomic E-state index is 0.389. The van der Waals surface area contributed by atoms with Gasteiger partial charge in [-0.2, -0.15) is 0 Å². The monoisotopic (exact) mass is 224 g/mol. The van der Waals surface area contributed by atoms with Crippen molar-refractivity contribution in [2.45, 2.75) is 50.1 Å². The number of rotatable bonds is 4. The Morgan fingerprint density at radius 2 is 2.00 bits per heavy atom. The molecule has 2 fully saturated rings. The largest absolute Gasteiger partial charge is 0.302 e. The van der Waals surface area contributed by atoms with Crippen LogP contribution in [0.1, 0.15) is 38.5 Å². The Balaban J connectivity index is 1.91. The predicted molar refractivity (Wildman–Crippen MR) is 65.5 cm³/mol. The van der Waals surface area contributed by atoms with Gasteiger partial charge >= 0.3 is 0 Å². The molecule has 1 unspecified atom stereocenters. The van der Waals surface area contributed by atoms with Gasteiger partial charge in [-0.15, -0.1) is 0 Å². The van der Waals surface area contributed by atoms with Gasteiger partial charge in [0.1, 0.15) is 5.78 Å². The van der Waals surface area contributed by atoms with Crippen molar-refractivity contribution in [3.8, 4) is 0 Å². The number of ketones is 1. The molecule has 0 amide bonds.